The van der Waals surface area contributed by atoms with Crippen LogP contribution in [-0.4, -0.2) is 16.0 Å². The molecule has 1 nitrogen and oxygen atoms in total. The highest BCUT2D eigenvalue weighted by atomic mass is 32.2. The van der Waals surface area contributed by atoms with Crippen LogP contribution in [0.25, 0.3) is 0 Å². The van der Waals surface area contributed by atoms with Crippen molar-refractivity contribution < 1.29 is 0 Å². The number of nitrogens with zero attached hydrogens (tertiary/aromatic N) is 1. The summed E-state index contributed by atoms with van der Waals surface area (Å²) in [5, 5.41) is 0.953. The van der Waals surface area contributed by atoms with Gasteiger partial charge in [0.25, 0.3) is 0 Å². The van der Waals surface area contributed by atoms with Gasteiger partial charge in [-0.1, -0.05) is 19.4 Å². The Labute approximate surface area is 85.0 Å². The fourth-order valence-electron chi connectivity index (χ4n) is 1.21. The molecule has 13 heavy (non-hydrogen) atoms. The molecule has 0 radical (unpaired) electrons. The van der Waals surface area contributed by atoms with Gasteiger partial charge < -0.3 is 0 Å². The fraction of sp³-hybridized carbons (Fsp3) is 0.545. The monoisotopic (exact) mass is 195 g/mol. The number of thioether (sulfide) groups is 1. The first-order chi connectivity index (χ1) is 6.39. The lowest BCUT2D eigenvalue weighted by Crippen LogP contribution is -2.03. The number of hydrogen-bond acceptors (Lipinski definition) is 2. The van der Waals surface area contributed by atoms with Gasteiger partial charge in [-0.15, -0.1) is 0 Å². The minimum absolute atomic E-state index is 0.953. The van der Waals surface area contributed by atoms with Crippen molar-refractivity contribution in [3.8, 4) is 0 Å². The maximum absolute atomic E-state index is 3.78. The molecule has 0 saturated carbocycles. The minimum atomic E-state index is 0.953. The van der Waals surface area contributed by atoms with Crippen molar-refractivity contribution in [3.05, 3.63) is 30.6 Å². The summed E-state index contributed by atoms with van der Waals surface area (Å²) in [6.07, 6.45) is 7.87. The second kappa shape index (κ2) is 6.96. The van der Waals surface area contributed by atoms with Crippen molar-refractivity contribution in [2.45, 2.75) is 31.4 Å². The van der Waals surface area contributed by atoms with Crippen LogP contribution in [0.1, 0.15) is 26.2 Å². The van der Waals surface area contributed by atoms with E-state index >= 15 is 0 Å². The van der Waals surface area contributed by atoms with Gasteiger partial charge >= 0.3 is 0 Å². The van der Waals surface area contributed by atoms with Gasteiger partial charge in [0, 0.05) is 17.6 Å². The van der Waals surface area contributed by atoms with Crippen LogP contribution in [0.4, 0.5) is 0 Å². The predicted molar refractivity (Wildman–Crippen MR) is 60.0 cm³/mol. The molecule has 0 aliphatic carbocycles. The van der Waals surface area contributed by atoms with E-state index in [1.807, 2.05) is 18.2 Å². The van der Waals surface area contributed by atoms with E-state index in [0.717, 1.165) is 5.25 Å². The Morgan fingerprint density at radius 3 is 2.15 bits per heavy atom. The third kappa shape index (κ3) is 5.69. The van der Waals surface area contributed by atoms with Crippen LogP contribution in [0.15, 0.2) is 30.6 Å². The Balaban J connectivity index is 0.000000132. The van der Waals surface area contributed by atoms with Gasteiger partial charge in [-0.2, -0.15) is 11.8 Å². The van der Waals surface area contributed by atoms with Gasteiger partial charge in [-0.3, -0.25) is 4.98 Å². The zero-order chi connectivity index (χ0) is 9.36. The van der Waals surface area contributed by atoms with Crippen LogP contribution in [0.3, 0.4) is 0 Å². The van der Waals surface area contributed by atoms with E-state index in [-0.39, 0.29) is 0 Å². The first-order valence-corrected chi connectivity index (χ1v) is 5.91. The lowest BCUT2D eigenvalue weighted by Gasteiger charge is -2.15. The predicted octanol–water partition coefficient (Wildman–Crippen LogP) is 3.37. The Bertz CT molecular complexity index is 168. The third-order valence-corrected chi connectivity index (χ3v) is 3.30. The van der Waals surface area contributed by atoms with E-state index in [4.69, 9.17) is 0 Å². The largest absolute Gasteiger partial charge is 0.265 e. The van der Waals surface area contributed by atoms with Crippen molar-refractivity contribution in [1.82, 2.24) is 4.98 Å². The van der Waals surface area contributed by atoms with Gasteiger partial charge in [-0.05, 0) is 30.7 Å². The number of rotatable bonds is 0. The standard InChI is InChI=1S/C6H12S.C5H5N/c1-6-4-2-3-5-7-6;1-2-4-6-5-3-1/h6H,2-5H2,1H3;1-5H/t6-;/m1./s1. The molecular weight excluding hydrogens is 178 g/mol. The molecule has 1 aliphatic heterocycles. The van der Waals surface area contributed by atoms with Gasteiger partial charge in [0.1, 0.15) is 0 Å². The van der Waals surface area contributed by atoms with E-state index < -0.39 is 0 Å². The average molecular weight is 195 g/mol. The molecule has 72 valence electrons. The van der Waals surface area contributed by atoms with E-state index in [0.29, 0.717) is 0 Å². The fourth-order valence-corrected chi connectivity index (χ4v) is 2.32. The number of pyridine rings is 1. The maximum Gasteiger partial charge on any atom is 0.0267 e. The second-order valence-corrected chi connectivity index (χ2v) is 4.75. The molecule has 0 N–H and O–H groups in total. The molecular formula is C11H17NS. The molecule has 0 aromatic carbocycles. The smallest absolute Gasteiger partial charge is 0.0267 e. The van der Waals surface area contributed by atoms with Crippen molar-refractivity contribution in [2.24, 2.45) is 0 Å². The van der Waals surface area contributed by atoms with Crippen LogP contribution < -0.4 is 0 Å². The zero-order valence-electron chi connectivity index (χ0n) is 8.15. The highest BCUT2D eigenvalue weighted by Crippen LogP contribution is 2.23. The molecule has 1 fully saturated rings. The number of aromatic nitrogens is 1. The van der Waals surface area contributed by atoms with Crippen molar-refractivity contribution in [2.75, 3.05) is 5.75 Å². The first kappa shape index (κ1) is 10.6. The van der Waals surface area contributed by atoms with Gasteiger partial charge in [0.15, 0.2) is 0 Å². The topological polar surface area (TPSA) is 12.9 Å². The Kier molecular flexibility index (Phi) is 5.66. The molecule has 0 amide bonds. The summed E-state index contributed by atoms with van der Waals surface area (Å²) in [6.45, 7) is 2.32. The Hall–Kier alpha value is -0.500. The van der Waals surface area contributed by atoms with E-state index in [1.165, 1.54) is 25.0 Å². The molecule has 1 saturated heterocycles. The maximum atomic E-state index is 3.78. The molecule has 2 rings (SSSR count). The van der Waals surface area contributed by atoms with Crippen LogP contribution in [0.5, 0.6) is 0 Å². The molecule has 2 heteroatoms. The zero-order valence-corrected chi connectivity index (χ0v) is 8.96. The molecule has 0 spiro atoms. The van der Waals surface area contributed by atoms with Crippen molar-refractivity contribution in [3.63, 3.8) is 0 Å². The molecule has 2 heterocycles. The summed E-state index contributed by atoms with van der Waals surface area (Å²) < 4.78 is 0. The first-order valence-electron chi connectivity index (χ1n) is 4.86. The summed E-state index contributed by atoms with van der Waals surface area (Å²) >= 11 is 2.12. The highest BCUT2D eigenvalue weighted by molar-refractivity contribution is 7.99. The highest BCUT2D eigenvalue weighted by Gasteiger charge is 2.06. The number of hydrogen-bond donors (Lipinski definition) is 0. The lowest BCUT2D eigenvalue weighted by molar-refractivity contribution is 0.693. The van der Waals surface area contributed by atoms with Crippen molar-refractivity contribution >= 4 is 11.8 Å². The second-order valence-electron chi connectivity index (χ2n) is 3.20. The summed E-state index contributed by atoms with van der Waals surface area (Å²) in [5.74, 6) is 1.40. The molecule has 1 aliphatic rings. The molecule has 1 aromatic rings. The lowest BCUT2D eigenvalue weighted by atomic mass is 10.2. The Morgan fingerprint density at radius 1 is 1.15 bits per heavy atom. The quantitative estimate of drug-likeness (QED) is 0.629. The van der Waals surface area contributed by atoms with Gasteiger partial charge in [0.05, 0.1) is 0 Å². The van der Waals surface area contributed by atoms with Crippen LogP contribution in [0, 0.1) is 0 Å². The minimum Gasteiger partial charge on any atom is -0.265 e. The molecule has 1 aromatic heterocycles. The van der Waals surface area contributed by atoms with Crippen LogP contribution >= 0.6 is 11.8 Å². The van der Waals surface area contributed by atoms with Crippen molar-refractivity contribution in [1.29, 1.82) is 0 Å². The van der Waals surface area contributed by atoms with E-state index in [1.54, 1.807) is 12.4 Å². The van der Waals surface area contributed by atoms with Gasteiger partial charge in [-0.25, -0.2) is 0 Å². The summed E-state index contributed by atoms with van der Waals surface area (Å²) in [5.41, 5.74) is 0. The normalized spacial score (nSPS) is 21.5. The molecule has 0 unspecified atom stereocenters. The van der Waals surface area contributed by atoms with Crippen LogP contribution in [0.2, 0.25) is 0 Å². The van der Waals surface area contributed by atoms with E-state index in [2.05, 4.69) is 23.7 Å². The Morgan fingerprint density at radius 2 is 1.92 bits per heavy atom. The third-order valence-electron chi connectivity index (χ3n) is 1.97. The summed E-state index contributed by atoms with van der Waals surface area (Å²) in [4.78, 5) is 3.78. The summed E-state index contributed by atoms with van der Waals surface area (Å²) in [6, 6.07) is 5.72. The van der Waals surface area contributed by atoms with Crippen LogP contribution in [-0.2, 0) is 0 Å². The molecule has 1 atom stereocenters. The van der Waals surface area contributed by atoms with E-state index in [9.17, 15) is 0 Å². The SMILES string of the molecule is C[C@@H]1CCCCS1.c1ccncc1. The molecule has 0 bridgehead atoms. The average Bonchev–Trinajstić information content (AvgIpc) is 2.22. The van der Waals surface area contributed by atoms with Gasteiger partial charge in [0.2, 0.25) is 0 Å². The summed E-state index contributed by atoms with van der Waals surface area (Å²) in [7, 11) is 0.